The second-order valence-electron chi connectivity index (χ2n) is 2.98. The van der Waals surface area contributed by atoms with Gasteiger partial charge in [0.05, 0.1) is 4.88 Å². The lowest BCUT2D eigenvalue weighted by Gasteiger charge is -2.00. The lowest BCUT2D eigenvalue weighted by atomic mass is 10.1. The van der Waals surface area contributed by atoms with Crippen molar-refractivity contribution in [2.75, 3.05) is 0 Å². The Bertz CT molecular complexity index is 303. The van der Waals surface area contributed by atoms with E-state index in [-0.39, 0.29) is 12.2 Å². The van der Waals surface area contributed by atoms with Gasteiger partial charge in [0.2, 0.25) is 0 Å². The number of carboxylic acid groups (broad SMARTS) is 1. The van der Waals surface area contributed by atoms with Crippen molar-refractivity contribution in [2.24, 2.45) is 0 Å². The standard InChI is InChI=1S/C10H12O3S/c11-8(9-5-3-7-14-9)4-1-2-6-10(12)13/h3,5,7H,1-2,4,6H2,(H,12,13)/p-1. The third-order valence-electron chi connectivity index (χ3n) is 1.83. The fraction of sp³-hybridized carbons (Fsp3) is 0.400. The molecule has 0 fully saturated rings. The van der Waals surface area contributed by atoms with E-state index in [1.807, 2.05) is 11.4 Å². The van der Waals surface area contributed by atoms with Gasteiger partial charge in [-0.15, -0.1) is 11.3 Å². The van der Waals surface area contributed by atoms with E-state index in [2.05, 4.69) is 0 Å². The molecule has 0 bridgehead atoms. The Kier molecular flexibility index (Phi) is 4.32. The molecule has 14 heavy (non-hydrogen) atoms. The molecule has 0 amide bonds. The molecule has 0 radical (unpaired) electrons. The molecule has 76 valence electrons. The Labute approximate surface area is 86.4 Å². The monoisotopic (exact) mass is 211 g/mol. The minimum absolute atomic E-state index is 0.0394. The van der Waals surface area contributed by atoms with Crippen LogP contribution in [0.1, 0.15) is 35.4 Å². The number of unbranched alkanes of at least 4 members (excludes halogenated alkanes) is 1. The Hall–Kier alpha value is -1.16. The van der Waals surface area contributed by atoms with Gasteiger partial charge in [0.25, 0.3) is 0 Å². The highest BCUT2D eigenvalue weighted by molar-refractivity contribution is 7.12. The molecule has 0 aliphatic heterocycles. The van der Waals surface area contributed by atoms with Crippen LogP contribution in [0, 0.1) is 0 Å². The maximum Gasteiger partial charge on any atom is 0.172 e. The predicted octanol–water partition coefficient (Wildman–Crippen LogP) is 1.24. The average Bonchev–Trinajstić information content (AvgIpc) is 2.64. The Morgan fingerprint density at radius 1 is 1.29 bits per heavy atom. The lowest BCUT2D eigenvalue weighted by molar-refractivity contribution is -0.305. The van der Waals surface area contributed by atoms with Gasteiger partial charge >= 0.3 is 0 Å². The molecule has 1 rings (SSSR count). The summed E-state index contributed by atoms with van der Waals surface area (Å²) in [5.41, 5.74) is 0. The fourth-order valence-corrected chi connectivity index (χ4v) is 1.81. The summed E-state index contributed by atoms with van der Waals surface area (Å²) < 4.78 is 0. The van der Waals surface area contributed by atoms with Crippen molar-refractivity contribution in [3.05, 3.63) is 22.4 Å². The number of hydrogen-bond acceptors (Lipinski definition) is 4. The number of rotatable bonds is 6. The molecule has 4 heteroatoms. The highest BCUT2D eigenvalue weighted by atomic mass is 32.1. The van der Waals surface area contributed by atoms with E-state index in [1.165, 1.54) is 11.3 Å². The number of carbonyl (C=O) groups excluding carboxylic acids is 2. The second-order valence-corrected chi connectivity index (χ2v) is 3.93. The van der Waals surface area contributed by atoms with Gasteiger partial charge in [-0.1, -0.05) is 6.07 Å². The van der Waals surface area contributed by atoms with Crippen LogP contribution in [0.2, 0.25) is 0 Å². The molecule has 3 nitrogen and oxygen atoms in total. The summed E-state index contributed by atoms with van der Waals surface area (Å²) in [6.45, 7) is 0. The Balaban J connectivity index is 2.19. The van der Waals surface area contributed by atoms with Crippen molar-refractivity contribution in [3.63, 3.8) is 0 Å². The minimum Gasteiger partial charge on any atom is -0.550 e. The van der Waals surface area contributed by atoms with Crippen molar-refractivity contribution in [2.45, 2.75) is 25.7 Å². The summed E-state index contributed by atoms with van der Waals surface area (Å²) in [6, 6.07) is 3.62. The van der Waals surface area contributed by atoms with Crippen LogP contribution in [-0.2, 0) is 4.79 Å². The maximum absolute atomic E-state index is 11.4. The normalized spacial score (nSPS) is 10.0. The van der Waals surface area contributed by atoms with Crippen molar-refractivity contribution < 1.29 is 14.7 Å². The van der Waals surface area contributed by atoms with Crippen LogP contribution >= 0.6 is 11.3 Å². The van der Waals surface area contributed by atoms with E-state index in [0.717, 1.165) is 4.88 Å². The molecule has 0 unspecified atom stereocenters. The number of thiophene rings is 1. The third kappa shape index (κ3) is 3.70. The number of ketones is 1. The zero-order valence-electron chi connectivity index (χ0n) is 7.69. The van der Waals surface area contributed by atoms with Gasteiger partial charge in [0, 0.05) is 12.4 Å². The topological polar surface area (TPSA) is 57.2 Å². The van der Waals surface area contributed by atoms with Crippen molar-refractivity contribution in [1.29, 1.82) is 0 Å². The van der Waals surface area contributed by atoms with Crippen LogP contribution in [0.5, 0.6) is 0 Å². The summed E-state index contributed by atoms with van der Waals surface area (Å²) in [5.74, 6) is -0.952. The van der Waals surface area contributed by atoms with Gasteiger partial charge in [-0.2, -0.15) is 0 Å². The lowest BCUT2D eigenvalue weighted by Crippen LogP contribution is -2.21. The molecule has 1 aromatic heterocycles. The number of aliphatic carboxylic acids is 1. The SMILES string of the molecule is O=C([O-])CCCCC(=O)c1cccs1. The zero-order valence-corrected chi connectivity index (χ0v) is 8.51. The van der Waals surface area contributed by atoms with Crippen molar-refractivity contribution in [3.8, 4) is 0 Å². The molecule has 0 saturated carbocycles. The average molecular weight is 211 g/mol. The Morgan fingerprint density at radius 3 is 2.57 bits per heavy atom. The molecular weight excluding hydrogens is 200 g/mol. The molecule has 0 aliphatic carbocycles. The van der Waals surface area contributed by atoms with E-state index < -0.39 is 5.97 Å². The first-order valence-corrected chi connectivity index (χ1v) is 5.34. The van der Waals surface area contributed by atoms with E-state index in [0.29, 0.717) is 19.3 Å². The number of carbonyl (C=O) groups is 2. The molecular formula is C10H11O3S-. The number of Topliss-reactive ketones (excluding diaryl/α,β-unsaturated/α-hetero) is 1. The molecule has 0 aliphatic rings. The first-order valence-electron chi connectivity index (χ1n) is 4.46. The van der Waals surface area contributed by atoms with Gasteiger partial charge in [-0.05, 0) is 30.7 Å². The van der Waals surface area contributed by atoms with Crippen LogP contribution in [-0.4, -0.2) is 11.8 Å². The summed E-state index contributed by atoms with van der Waals surface area (Å²) in [6.07, 6.45) is 1.59. The summed E-state index contributed by atoms with van der Waals surface area (Å²) in [7, 11) is 0. The van der Waals surface area contributed by atoms with Crippen LogP contribution in [0.3, 0.4) is 0 Å². The fourth-order valence-electron chi connectivity index (χ4n) is 1.12. The molecule has 1 aromatic rings. The van der Waals surface area contributed by atoms with E-state index in [9.17, 15) is 14.7 Å². The first-order chi connectivity index (χ1) is 6.70. The molecule has 1 heterocycles. The highest BCUT2D eigenvalue weighted by Gasteiger charge is 2.05. The molecule has 0 spiro atoms. The van der Waals surface area contributed by atoms with E-state index >= 15 is 0 Å². The molecule has 0 saturated heterocycles. The Morgan fingerprint density at radius 2 is 2.00 bits per heavy atom. The predicted molar refractivity (Wildman–Crippen MR) is 52.1 cm³/mol. The number of hydrogen-bond donors (Lipinski definition) is 0. The van der Waals surface area contributed by atoms with Crippen molar-refractivity contribution >= 4 is 23.1 Å². The van der Waals surface area contributed by atoms with Gasteiger partial charge < -0.3 is 9.90 Å². The number of carboxylic acids is 1. The van der Waals surface area contributed by atoms with E-state index in [1.54, 1.807) is 6.07 Å². The summed E-state index contributed by atoms with van der Waals surface area (Å²) >= 11 is 1.42. The highest BCUT2D eigenvalue weighted by Crippen LogP contribution is 2.13. The molecule has 0 atom stereocenters. The van der Waals surface area contributed by atoms with Crippen LogP contribution in [0.25, 0.3) is 0 Å². The van der Waals surface area contributed by atoms with E-state index in [4.69, 9.17) is 0 Å². The smallest absolute Gasteiger partial charge is 0.172 e. The zero-order chi connectivity index (χ0) is 10.4. The largest absolute Gasteiger partial charge is 0.550 e. The van der Waals surface area contributed by atoms with Gasteiger partial charge in [0.15, 0.2) is 5.78 Å². The molecule has 0 N–H and O–H groups in total. The van der Waals surface area contributed by atoms with Crippen molar-refractivity contribution in [1.82, 2.24) is 0 Å². The van der Waals surface area contributed by atoms with Gasteiger partial charge in [-0.25, -0.2) is 0 Å². The summed E-state index contributed by atoms with van der Waals surface area (Å²) in [4.78, 5) is 22.2. The minimum atomic E-state index is -1.05. The second kappa shape index (κ2) is 5.54. The quantitative estimate of drug-likeness (QED) is 0.525. The van der Waals surface area contributed by atoms with Gasteiger partial charge in [-0.3, -0.25) is 4.79 Å². The van der Waals surface area contributed by atoms with Crippen LogP contribution < -0.4 is 5.11 Å². The maximum atomic E-state index is 11.4. The van der Waals surface area contributed by atoms with Crippen LogP contribution in [0.4, 0.5) is 0 Å². The summed E-state index contributed by atoms with van der Waals surface area (Å²) in [5, 5.41) is 11.9. The van der Waals surface area contributed by atoms with Gasteiger partial charge in [0.1, 0.15) is 0 Å². The molecule has 0 aromatic carbocycles. The van der Waals surface area contributed by atoms with Crippen LogP contribution in [0.15, 0.2) is 17.5 Å². The first kappa shape index (κ1) is 10.9. The third-order valence-corrected chi connectivity index (χ3v) is 2.74.